The zero-order valence-corrected chi connectivity index (χ0v) is 28.5. The first kappa shape index (κ1) is 36.5. The van der Waals surface area contributed by atoms with E-state index < -0.39 is 24.1 Å². The summed E-state index contributed by atoms with van der Waals surface area (Å²) in [7, 11) is -9.39. The number of hydrogen-bond donors (Lipinski definition) is 0. The van der Waals surface area contributed by atoms with Gasteiger partial charge in [-0.25, -0.2) is 16.8 Å². The summed E-state index contributed by atoms with van der Waals surface area (Å²) in [4.78, 5) is 2.25. The van der Waals surface area contributed by atoms with E-state index in [1.807, 2.05) is 0 Å². The molecular weight excluding hydrogens is 585 g/mol. The molecule has 0 atom stereocenters. The number of rotatable bonds is 18. The maximum Gasteiger partial charge on any atom is 0.504 e. The van der Waals surface area contributed by atoms with Crippen LogP contribution < -0.4 is 9.47 Å². The molecule has 0 aromatic heterocycles. The van der Waals surface area contributed by atoms with Crippen LogP contribution in [-0.4, -0.2) is 39.2 Å². The van der Waals surface area contributed by atoms with Gasteiger partial charge in [-0.2, -0.15) is 0 Å². The highest BCUT2D eigenvalue weighted by atomic mass is 32.3. The molecule has 10 heteroatoms. The molecule has 0 saturated heterocycles. The van der Waals surface area contributed by atoms with Gasteiger partial charge >= 0.3 is 4.38 Å². The van der Waals surface area contributed by atoms with Crippen LogP contribution in [0.3, 0.4) is 0 Å². The fourth-order valence-electron chi connectivity index (χ4n) is 5.15. The van der Waals surface area contributed by atoms with E-state index in [4.69, 9.17) is 9.47 Å². The minimum absolute atomic E-state index is 0.280. The van der Waals surface area contributed by atoms with Gasteiger partial charge < -0.3 is 15.0 Å². The van der Waals surface area contributed by atoms with Crippen molar-refractivity contribution >= 4 is 24.1 Å². The highest BCUT2D eigenvalue weighted by Crippen LogP contribution is 2.32. The molecular formula is C33H50N2O6S2. The Morgan fingerprint density at radius 2 is 0.884 bits per heavy atom. The average molecular weight is 635 g/mol. The molecule has 0 radical (unpaired) electrons. The minimum Gasteiger partial charge on any atom is -0.493 e. The van der Waals surface area contributed by atoms with Crippen LogP contribution in [0.15, 0.2) is 34.1 Å². The van der Waals surface area contributed by atoms with E-state index in [1.54, 1.807) is 27.7 Å². The van der Waals surface area contributed by atoms with Crippen molar-refractivity contribution in [1.82, 2.24) is 0 Å². The van der Waals surface area contributed by atoms with Crippen molar-refractivity contribution in [3.63, 3.8) is 0 Å². The lowest BCUT2D eigenvalue weighted by Crippen LogP contribution is -2.26. The SMILES string of the molecule is CCCCCCCCOc1c(C)cc(S(=O)(=O)C(=[N+]=[N-])S(=O)(=O)c2cc(C)c(OCCCCCCCC)c(C)c2)cc1C. The van der Waals surface area contributed by atoms with Crippen LogP contribution in [0.25, 0.3) is 5.53 Å². The first-order chi connectivity index (χ1) is 20.4. The zero-order valence-electron chi connectivity index (χ0n) is 26.9. The first-order valence-corrected chi connectivity index (χ1v) is 18.6. The molecule has 0 heterocycles. The predicted octanol–water partition coefficient (Wildman–Crippen LogP) is 8.23. The van der Waals surface area contributed by atoms with Crippen molar-refractivity contribution in [2.24, 2.45) is 0 Å². The van der Waals surface area contributed by atoms with E-state index in [1.165, 1.54) is 62.8 Å². The zero-order chi connectivity index (χ0) is 32.0. The molecule has 2 rings (SSSR count). The molecule has 2 aromatic rings. The number of aryl methyl sites for hydroxylation is 4. The van der Waals surface area contributed by atoms with Gasteiger partial charge in [0.1, 0.15) is 11.5 Å². The standard InChI is InChI=1S/C33H50N2O6S2/c1-7-9-11-13-15-17-19-40-31-25(3)21-29(22-26(31)4)42(36,37)33(35-34)43(38,39)30-23-27(5)32(28(6)24-30)41-20-18-16-14-12-10-8-2/h21-24H,7-20H2,1-6H3. The Morgan fingerprint density at radius 3 is 1.19 bits per heavy atom. The molecule has 0 N–H and O–H groups in total. The molecule has 0 bridgehead atoms. The van der Waals surface area contributed by atoms with E-state index in [0.717, 1.165) is 38.5 Å². The number of benzene rings is 2. The summed E-state index contributed by atoms with van der Waals surface area (Å²) in [5, 5.41) is 0. The number of unbranched alkanes of at least 4 members (excludes halogenated alkanes) is 10. The Kier molecular flexibility index (Phi) is 14.9. The number of sulfone groups is 2. The molecule has 0 unspecified atom stereocenters. The molecule has 0 fully saturated rings. The third-order valence-electron chi connectivity index (χ3n) is 7.52. The van der Waals surface area contributed by atoms with Gasteiger partial charge in [-0.05, 0) is 87.1 Å². The summed E-state index contributed by atoms with van der Waals surface area (Å²) in [6, 6.07) is 5.43. The van der Waals surface area contributed by atoms with Gasteiger partial charge in [0.2, 0.25) is 0 Å². The second-order valence-electron chi connectivity index (χ2n) is 11.4. The van der Waals surface area contributed by atoms with Gasteiger partial charge in [-0.15, -0.1) is 4.79 Å². The summed E-state index contributed by atoms with van der Waals surface area (Å²) in [5.41, 5.74) is 11.9. The molecule has 8 nitrogen and oxygen atoms in total. The molecule has 0 saturated carbocycles. The highest BCUT2D eigenvalue weighted by Gasteiger charge is 2.44. The van der Waals surface area contributed by atoms with Crippen molar-refractivity contribution in [3.8, 4) is 11.5 Å². The first-order valence-electron chi connectivity index (χ1n) is 15.6. The van der Waals surface area contributed by atoms with E-state index in [-0.39, 0.29) is 9.79 Å². The van der Waals surface area contributed by atoms with E-state index >= 15 is 0 Å². The molecule has 0 aliphatic carbocycles. The normalized spacial score (nSPS) is 11.8. The summed E-state index contributed by atoms with van der Waals surface area (Å²) < 4.78 is 64.8. The third-order valence-corrected chi connectivity index (χ3v) is 11.6. The topological polar surface area (TPSA) is 123 Å². The minimum atomic E-state index is -4.69. The number of nitrogens with zero attached hydrogens (tertiary/aromatic N) is 2. The Bertz CT molecular complexity index is 1330. The Balaban J connectivity index is 2.21. The number of hydrogen-bond acceptors (Lipinski definition) is 6. The molecule has 240 valence electrons. The molecule has 0 amide bonds. The third kappa shape index (κ3) is 10.2. The largest absolute Gasteiger partial charge is 0.504 e. The Morgan fingerprint density at radius 1 is 0.581 bits per heavy atom. The highest BCUT2D eigenvalue weighted by molar-refractivity contribution is 8.31. The summed E-state index contributed by atoms with van der Waals surface area (Å²) in [5.74, 6) is 1.14. The van der Waals surface area contributed by atoms with Gasteiger partial charge in [0.15, 0.2) is 0 Å². The fourth-order valence-corrected chi connectivity index (χ4v) is 8.83. The lowest BCUT2D eigenvalue weighted by Gasteiger charge is -2.15. The van der Waals surface area contributed by atoms with Crippen LogP contribution in [0.1, 0.15) is 113 Å². The summed E-state index contributed by atoms with van der Waals surface area (Å²) in [6.07, 6.45) is 13.4. The maximum atomic E-state index is 13.6. The maximum absolute atomic E-state index is 13.6. The van der Waals surface area contributed by atoms with E-state index in [0.29, 0.717) is 47.0 Å². The van der Waals surface area contributed by atoms with E-state index in [2.05, 4.69) is 18.6 Å². The predicted molar refractivity (Wildman–Crippen MR) is 173 cm³/mol. The van der Waals surface area contributed by atoms with Crippen LogP contribution >= 0.6 is 0 Å². The van der Waals surface area contributed by atoms with Crippen LogP contribution in [0.5, 0.6) is 11.5 Å². The van der Waals surface area contributed by atoms with Gasteiger partial charge in [0.25, 0.3) is 19.7 Å². The smallest absolute Gasteiger partial charge is 0.493 e. The van der Waals surface area contributed by atoms with Gasteiger partial charge in [0.05, 0.1) is 23.0 Å². The van der Waals surface area contributed by atoms with E-state index in [9.17, 15) is 22.4 Å². The van der Waals surface area contributed by atoms with Crippen LogP contribution in [0, 0.1) is 27.7 Å². The second kappa shape index (κ2) is 17.6. The quantitative estimate of drug-likeness (QED) is 0.0535. The van der Waals surface area contributed by atoms with Gasteiger partial charge in [0, 0.05) is 0 Å². The van der Waals surface area contributed by atoms with Gasteiger partial charge in [-0.3, -0.25) is 0 Å². The summed E-state index contributed by atoms with van der Waals surface area (Å²) in [6.45, 7) is 12.2. The molecule has 0 aliphatic rings. The molecule has 0 spiro atoms. The lowest BCUT2D eigenvalue weighted by molar-refractivity contribution is 0.00380. The fraction of sp³-hybridized carbons (Fsp3) is 0.606. The van der Waals surface area contributed by atoms with Crippen molar-refractivity contribution in [2.45, 2.75) is 128 Å². The van der Waals surface area contributed by atoms with Crippen molar-refractivity contribution in [1.29, 1.82) is 0 Å². The molecule has 2 aromatic carbocycles. The lowest BCUT2D eigenvalue weighted by atomic mass is 10.1. The summed E-state index contributed by atoms with van der Waals surface area (Å²) >= 11 is 0. The van der Waals surface area contributed by atoms with Gasteiger partial charge in [-0.1, -0.05) is 78.1 Å². The van der Waals surface area contributed by atoms with Crippen LogP contribution in [0.4, 0.5) is 0 Å². The second-order valence-corrected chi connectivity index (χ2v) is 15.4. The Hall–Kier alpha value is -2.68. The van der Waals surface area contributed by atoms with Crippen LogP contribution in [0.2, 0.25) is 0 Å². The van der Waals surface area contributed by atoms with Crippen molar-refractivity contribution in [3.05, 3.63) is 52.1 Å². The number of ether oxygens (including phenoxy) is 2. The van der Waals surface area contributed by atoms with Crippen LogP contribution in [-0.2, 0) is 19.7 Å². The molecule has 0 aliphatic heterocycles. The van der Waals surface area contributed by atoms with Crippen molar-refractivity contribution < 1.29 is 31.1 Å². The average Bonchev–Trinajstić information content (AvgIpc) is 2.94. The monoisotopic (exact) mass is 634 g/mol. The Labute approximate surface area is 259 Å². The van der Waals surface area contributed by atoms with Crippen molar-refractivity contribution in [2.75, 3.05) is 13.2 Å². The molecule has 43 heavy (non-hydrogen) atoms.